The lowest BCUT2D eigenvalue weighted by atomic mass is 9.93. The maximum Gasteiger partial charge on any atom is 0.278 e. The number of nitrogens with zero attached hydrogens (tertiary/aromatic N) is 3. The van der Waals surface area contributed by atoms with Crippen LogP contribution in [0.15, 0.2) is 65.6 Å². The van der Waals surface area contributed by atoms with Gasteiger partial charge in [-0.05, 0) is 36.3 Å². The predicted octanol–water partition coefficient (Wildman–Crippen LogP) is 3.23. The minimum absolute atomic E-state index is 0.0358. The molecule has 174 valence electrons. The molecule has 1 amide bonds. The van der Waals surface area contributed by atoms with Gasteiger partial charge in [-0.3, -0.25) is 19.3 Å². The molecule has 0 spiro atoms. The van der Waals surface area contributed by atoms with Crippen LogP contribution >= 0.6 is 0 Å². The Morgan fingerprint density at radius 3 is 2.62 bits per heavy atom. The monoisotopic (exact) mass is 465 g/mol. The molecule has 1 N–H and O–H groups in total. The van der Waals surface area contributed by atoms with Gasteiger partial charge in [-0.2, -0.15) is 4.39 Å². The molecule has 0 saturated heterocycles. The molecular weight excluding hydrogens is 444 g/mol. The second-order valence-electron chi connectivity index (χ2n) is 8.15. The SMILES string of the molecule is Cc1ccccc1C1c2ccc(F)c(F)c2OC/C=C\CN2CN1n1ccc(=O)c(O)c1C2=O. The van der Waals surface area contributed by atoms with Crippen molar-refractivity contribution in [2.45, 2.75) is 13.0 Å². The van der Waals surface area contributed by atoms with Crippen molar-refractivity contribution in [3.05, 3.63) is 105 Å². The van der Waals surface area contributed by atoms with E-state index in [0.29, 0.717) is 5.56 Å². The highest BCUT2D eigenvalue weighted by Gasteiger charge is 2.38. The van der Waals surface area contributed by atoms with E-state index in [1.165, 1.54) is 21.8 Å². The molecule has 5 rings (SSSR count). The van der Waals surface area contributed by atoms with Crippen LogP contribution in [-0.4, -0.2) is 40.4 Å². The number of rotatable bonds is 1. The number of carbonyl (C=O) groups excluding carboxylic acids is 1. The van der Waals surface area contributed by atoms with Gasteiger partial charge in [-0.1, -0.05) is 30.3 Å². The number of halogens is 2. The number of aryl methyl sites for hydroxylation is 1. The van der Waals surface area contributed by atoms with Crippen molar-refractivity contribution < 1.29 is 23.4 Å². The number of hydrogen-bond acceptors (Lipinski definition) is 5. The molecule has 1 atom stereocenters. The maximum atomic E-state index is 15.0. The molecule has 7 nitrogen and oxygen atoms in total. The molecular formula is C25H21F2N3O4. The Morgan fingerprint density at radius 2 is 1.82 bits per heavy atom. The van der Waals surface area contributed by atoms with Crippen LogP contribution in [0.4, 0.5) is 8.78 Å². The van der Waals surface area contributed by atoms with Crippen molar-refractivity contribution in [2.24, 2.45) is 0 Å². The summed E-state index contributed by atoms with van der Waals surface area (Å²) in [4.78, 5) is 26.9. The van der Waals surface area contributed by atoms with E-state index in [0.717, 1.165) is 23.3 Å². The number of fused-ring (bicyclic) bond motifs is 5. The molecule has 0 saturated carbocycles. The standard InChI is InChI=1S/C25H21F2N3O4/c1-15-6-2-3-7-16(15)21-17-8-9-18(26)20(27)24(17)34-13-5-4-11-28-14-30(21)29-12-10-19(31)23(32)22(29)25(28)33/h2-10,12,21,32H,11,13-14H2,1H3/b5-4-. The number of hydrogen-bond donors (Lipinski definition) is 1. The highest BCUT2D eigenvalue weighted by molar-refractivity contribution is 5.96. The van der Waals surface area contributed by atoms with Crippen molar-refractivity contribution in [3.8, 4) is 11.5 Å². The summed E-state index contributed by atoms with van der Waals surface area (Å²) in [5.41, 5.74) is 1.07. The average Bonchev–Trinajstić information content (AvgIpc) is 2.85. The maximum absolute atomic E-state index is 15.0. The van der Waals surface area contributed by atoms with Gasteiger partial charge in [0.25, 0.3) is 5.91 Å². The van der Waals surface area contributed by atoms with Gasteiger partial charge in [0.15, 0.2) is 23.0 Å². The van der Waals surface area contributed by atoms with Crippen LogP contribution in [0, 0.1) is 18.6 Å². The molecule has 3 heterocycles. The van der Waals surface area contributed by atoms with Crippen LogP contribution in [0.5, 0.6) is 11.5 Å². The minimum Gasteiger partial charge on any atom is -0.502 e. The third-order valence-corrected chi connectivity index (χ3v) is 6.11. The van der Waals surface area contributed by atoms with Crippen LogP contribution in [0.2, 0.25) is 0 Å². The van der Waals surface area contributed by atoms with Crippen LogP contribution in [0.25, 0.3) is 0 Å². The van der Waals surface area contributed by atoms with Crippen molar-refractivity contribution in [2.75, 3.05) is 24.8 Å². The molecule has 3 aromatic rings. The Hall–Kier alpha value is -4.14. The Bertz CT molecular complexity index is 1390. The lowest BCUT2D eigenvalue weighted by molar-refractivity contribution is 0.0701. The Morgan fingerprint density at radius 1 is 1.03 bits per heavy atom. The number of aromatic nitrogens is 1. The quantitative estimate of drug-likeness (QED) is 0.559. The van der Waals surface area contributed by atoms with Crippen molar-refractivity contribution in [1.29, 1.82) is 0 Å². The summed E-state index contributed by atoms with van der Waals surface area (Å²) in [5.74, 6) is -3.60. The molecule has 0 aliphatic carbocycles. The molecule has 0 radical (unpaired) electrons. The van der Waals surface area contributed by atoms with Crippen LogP contribution in [-0.2, 0) is 0 Å². The van der Waals surface area contributed by atoms with E-state index in [-0.39, 0.29) is 31.3 Å². The summed E-state index contributed by atoms with van der Waals surface area (Å²) in [6.45, 7) is 2.07. The Labute approximate surface area is 193 Å². The van der Waals surface area contributed by atoms with Crippen LogP contribution in [0.1, 0.15) is 33.2 Å². The number of aromatic hydroxyl groups is 1. The third kappa shape index (κ3) is 3.40. The third-order valence-electron chi connectivity index (χ3n) is 6.11. The summed E-state index contributed by atoms with van der Waals surface area (Å²) in [5, 5.41) is 12.3. The molecule has 2 aliphatic rings. The average molecular weight is 465 g/mol. The fraction of sp³-hybridized carbons (Fsp3) is 0.200. The molecule has 34 heavy (non-hydrogen) atoms. The fourth-order valence-corrected chi connectivity index (χ4v) is 4.43. The van der Waals surface area contributed by atoms with Crippen LogP contribution in [0.3, 0.4) is 0 Å². The number of benzene rings is 2. The second kappa shape index (κ2) is 8.33. The van der Waals surface area contributed by atoms with E-state index in [4.69, 9.17) is 4.74 Å². The summed E-state index contributed by atoms with van der Waals surface area (Å²) >= 11 is 0. The molecule has 0 fully saturated rings. The zero-order chi connectivity index (χ0) is 24.0. The van der Waals surface area contributed by atoms with E-state index in [1.54, 1.807) is 17.2 Å². The minimum atomic E-state index is -1.11. The molecule has 1 unspecified atom stereocenters. The van der Waals surface area contributed by atoms with Gasteiger partial charge in [-0.15, -0.1) is 0 Å². The van der Waals surface area contributed by atoms with Crippen molar-refractivity contribution in [3.63, 3.8) is 0 Å². The van der Waals surface area contributed by atoms with E-state index < -0.39 is 34.8 Å². The summed E-state index contributed by atoms with van der Waals surface area (Å²) in [6.07, 6.45) is 4.66. The lowest BCUT2D eigenvalue weighted by Gasteiger charge is -2.44. The van der Waals surface area contributed by atoms with Gasteiger partial charge in [0.2, 0.25) is 11.2 Å². The largest absolute Gasteiger partial charge is 0.502 e. The van der Waals surface area contributed by atoms with Crippen molar-refractivity contribution >= 4 is 5.91 Å². The van der Waals surface area contributed by atoms with E-state index in [2.05, 4.69) is 0 Å². The molecule has 9 heteroatoms. The highest BCUT2D eigenvalue weighted by Crippen LogP contribution is 2.39. The summed E-state index contributed by atoms with van der Waals surface area (Å²) < 4.78 is 36.4. The predicted molar refractivity (Wildman–Crippen MR) is 121 cm³/mol. The molecule has 2 aliphatic heterocycles. The van der Waals surface area contributed by atoms with E-state index in [1.807, 2.05) is 31.2 Å². The van der Waals surface area contributed by atoms with E-state index >= 15 is 4.39 Å². The number of carbonyl (C=O) groups is 1. The molecule has 2 aromatic carbocycles. The second-order valence-corrected chi connectivity index (χ2v) is 8.15. The lowest BCUT2D eigenvalue weighted by Crippen LogP contribution is -2.55. The molecule has 1 aromatic heterocycles. The first kappa shape index (κ1) is 21.7. The summed E-state index contributed by atoms with van der Waals surface area (Å²) in [7, 11) is 0. The number of amides is 1. The van der Waals surface area contributed by atoms with Gasteiger partial charge in [0.05, 0.1) is 0 Å². The summed E-state index contributed by atoms with van der Waals surface area (Å²) in [6, 6.07) is 10.3. The zero-order valence-corrected chi connectivity index (χ0v) is 18.2. The normalized spacial score (nSPS) is 18.4. The molecule has 2 bridgehead atoms. The first-order valence-electron chi connectivity index (χ1n) is 10.7. The topological polar surface area (TPSA) is 75.0 Å². The Kier molecular flexibility index (Phi) is 5.31. The number of ether oxygens (including phenoxy) is 1. The first-order valence-corrected chi connectivity index (χ1v) is 10.7. The smallest absolute Gasteiger partial charge is 0.278 e. The zero-order valence-electron chi connectivity index (χ0n) is 18.2. The Balaban J connectivity index is 1.85. The van der Waals surface area contributed by atoms with Gasteiger partial charge in [-0.25, -0.2) is 4.39 Å². The van der Waals surface area contributed by atoms with Crippen LogP contribution < -0.4 is 15.2 Å². The van der Waals surface area contributed by atoms with Gasteiger partial charge < -0.3 is 14.7 Å². The van der Waals surface area contributed by atoms with E-state index in [9.17, 15) is 19.1 Å². The van der Waals surface area contributed by atoms with Gasteiger partial charge in [0, 0.05) is 24.4 Å². The van der Waals surface area contributed by atoms with Gasteiger partial charge >= 0.3 is 0 Å². The first-order chi connectivity index (χ1) is 16.4. The van der Waals surface area contributed by atoms with Gasteiger partial charge in [0.1, 0.15) is 19.3 Å². The highest BCUT2D eigenvalue weighted by atomic mass is 19.2. The fourth-order valence-electron chi connectivity index (χ4n) is 4.43. The number of pyridine rings is 1. The van der Waals surface area contributed by atoms with Crippen molar-refractivity contribution in [1.82, 2.24) is 9.58 Å².